The summed E-state index contributed by atoms with van der Waals surface area (Å²) in [6, 6.07) is 0. The van der Waals surface area contributed by atoms with Gasteiger partial charge in [0, 0.05) is 43.0 Å². The predicted octanol–water partition coefficient (Wildman–Crippen LogP) is -0.858. The molecule has 0 aromatic carbocycles. The summed E-state index contributed by atoms with van der Waals surface area (Å²) in [7, 11) is 3.12. The molecule has 0 saturated carbocycles. The third-order valence-electron chi connectivity index (χ3n) is 2.38. The molecule has 89 valence electrons. The summed E-state index contributed by atoms with van der Waals surface area (Å²) in [6.45, 7) is 5.44. The molecule has 2 rings (SSSR count). The van der Waals surface area contributed by atoms with Crippen LogP contribution in [0.3, 0.4) is 0 Å². The van der Waals surface area contributed by atoms with Gasteiger partial charge in [0.1, 0.15) is 0 Å². The molecule has 0 atom stereocenters. The number of rotatable bonds is 1. The Labute approximate surface area is 107 Å². The van der Waals surface area contributed by atoms with Crippen molar-refractivity contribution in [1.29, 1.82) is 0 Å². The quantitative estimate of drug-likeness (QED) is 0.644. The Balaban J connectivity index is 0.00000128. The average molecular weight is 314 g/mol. The van der Waals surface area contributed by atoms with Crippen molar-refractivity contribution < 1.29 is 22.4 Å². The fraction of sp³-hybridized carbons (Fsp3) is 0.333. The minimum absolute atomic E-state index is 0. The van der Waals surface area contributed by atoms with Crippen molar-refractivity contribution in [3.8, 4) is 0 Å². The Kier molecular flexibility index (Phi) is 3.57. The van der Waals surface area contributed by atoms with Gasteiger partial charge in [0.25, 0.3) is 5.56 Å². The van der Waals surface area contributed by atoms with E-state index in [-0.39, 0.29) is 34.5 Å². The number of fused-ring (bicyclic) bond motifs is 1. The van der Waals surface area contributed by atoms with Gasteiger partial charge in [-0.05, 0) is 6.92 Å². The third kappa shape index (κ3) is 1.59. The number of nitrogens with zero attached hydrogens (tertiary/aromatic N) is 4. The van der Waals surface area contributed by atoms with E-state index in [0.717, 1.165) is 4.57 Å². The molecule has 3 radical (unpaired) electrons. The van der Waals surface area contributed by atoms with Crippen LogP contribution in [0, 0.1) is 6.92 Å². The summed E-state index contributed by atoms with van der Waals surface area (Å²) in [6.07, 6.45) is 1.48. The van der Waals surface area contributed by atoms with Crippen LogP contribution in [0.25, 0.3) is 11.2 Å². The van der Waals surface area contributed by atoms with Crippen molar-refractivity contribution in [2.24, 2.45) is 14.1 Å². The van der Waals surface area contributed by atoms with E-state index in [2.05, 4.69) is 4.98 Å². The first kappa shape index (κ1) is 13.0. The summed E-state index contributed by atoms with van der Waals surface area (Å²) in [5.41, 5.74) is -0.107. The number of aromatic nitrogens is 4. The van der Waals surface area contributed by atoms with Crippen LogP contribution in [-0.4, -0.2) is 18.7 Å². The monoisotopic (exact) mass is 313 g/mol. The zero-order chi connectivity index (χ0) is 11.2. The maximum absolute atomic E-state index is 11.7. The van der Waals surface area contributed by atoms with Crippen LogP contribution in [0.4, 0.5) is 0 Å². The molecule has 0 unspecified atom stereocenters. The van der Waals surface area contributed by atoms with Crippen LogP contribution in [0.5, 0.6) is 0 Å². The van der Waals surface area contributed by atoms with Gasteiger partial charge >= 0.3 is 5.69 Å². The second-order valence-electron chi connectivity index (χ2n) is 3.29. The Hall–Kier alpha value is -1.11. The Morgan fingerprint density at radius 2 is 2.00 bits per heavy atom. The molecule has 0 aliphatic heterocycles. The van der Waals surface area contributed by atoms with Gasteiger partial charge in [-0.3, -0.25) is 13.9 Å². The van der Waals surface area contributed by atoms with Gasteiger partial charge in [-0.15, -0.1) is 0 Å². The van der Waals surface area contributed by atoms with Crippen LogP contribution in [0.1, 0.15) is 0 Å². The molecule has 0 saturated heterocycles. The van der Waals surface area contributed by atoms with E-state index in [9.17, 15) is 9.59 Å². The summed E-state index contributed by atoms with van der Waals surface area (Å²) in [5.74, 6) is 0. The molecule has 2 aromatic rings. The van der Waals surface area contributed by atoms with E-state index in [4.69, 9.17) is 6.92 Å². The van der Waals surface area contributed by atoms with Crippen molar-refractivity contribution in [3.05, 3.63) is 34.1 Å². The van der Waals surface area contributed by atoms with E-state index in [1.165, 1.54) is 17.9 Å². The smallest absolute Gasteiger partial charge is 0.328 e. The number of aryl methyl sites for hydroxylation is 1. The van der Waals surface area contributed by atoms with Gasteiger partial charge in [-0.1, -0.05) is 0 Å². The third-order valence-corrected chi connectivity index (χ3v) is 2.38. The SMILES string of the molecule is [Ag].[CH]Cn1c(=O)n(C)c(=O)c2c1ncn2C. The Morgan fingerprint density at radius 1 is 1.38 bits per heavy atom. The molecule has 0 amide bonds. The fourth-order valence-electron chi connectivity index (χ4n) is 1.54. The predicted molar refractivity (Wildman–Crippen MR) is 54.5 cm³/mol. The molecule has 6 nitrogen and oxygen atoms in total. The summed E-state index contributed by atoms with van der Waals surface area (Å²) >= 11 is 0. The second-order valence-corrected chi connectivity index (χ2v) is 3.29. The van der Waals surface area contributed by atoms with Gasteiger partial charge in [0.05, 0.1) is 6.33 Å². The molecule has 0 N–H and O–H groups in total. The minimum atomic E-state index is -0.450. The first-order chi connectivity index (χ1) is 7.07. The van der Waals surface area contributed by atoms with Crippen molar-refractivity contribution in [2.45, 2.75) is 6.54 Å². The van der Waals surface area contributed by atoms with E-state index in [1.807, 2.05) is 0 Å². The van der Waals surface area contributed by atoms with E-state index in [0.29, 0.717) is 11.2 Å². The Bertz CT molecular complexity index is 637. The second kappa shape index (κ2) is 4.40. The molecule has 0 fully saturated rings. The van der Waals surface area contributed by atoms with Crippen molar-refractivity contribution >= 4 is 11.2 Å². The molecule has 16 heavy (non-hydrogen) atoms. The topological polar surface area (TPSA) is 61.8 Å². The zero-order valence-electron chi connectivity index (χ0n) is 8.77. The van der Waals surface area contributed by atoms with Crippen LogP contribution < -0.4 is 11.2 Å². The van der Waals surface area contributed by atoms with E-state index in [1.54, 1.807) is 11.6 Å². The van der Waals surface area contributed by atoms with E-state index >= 15 is 0 Å². The maximum Gasteiger partial charge on any atom is 0.332 e. The van der Waals surface area contributed by atoms with E-state index < -0.39 is 5.69 Å². The molecular formula is C9H10AgN4O2. The van der Waals surface area contributed by atoms with Gasteiger partial charge in [-0.2, -0.15) is 0 Å². The van der Waals surface area contributed by atoms with Gasteiger partial charge in [0.15, 0.2) is 11.2 Å². The molecule has 0 aliphatic rings. The van der Waals surface area contributed by atoms with Crippen molar-refractivity contribution in [1.82, 2.24) is 18.7 Å². The molecule has 2 heterocycles. The Morgan fingerprint density at radius 3 is 2.56 bits per heavy atom. The van der Waals surface area contributed by atoms with Crippen LogP contribution in [-0.2, 0) is 43.0 Å². The zero-order valence-corrected chi connectivity index (χ0v) is 10.3. The summed E-state index contributed by atoms with van der Waals surface area (Å²) in [5, 5.41) is 0. The normalized spacial score (nSPS) is 10.4. The van der Waals surface area contributed by atoms with Crippen LogP contribution in [0.15, 0.2) is 15.9 Å². The largest absolute Gasteiger partial charge is 0.332 e. The van der Waals surface area contributed by atoms with Crippen molar-refractivity contribution in [2.75, 3.05) is 0 Å². The van der Waals surface area contributed by atoms with Gasteiger partial charge in [0.2, 0.25) is 0 Å². The summed E-state index contributed by atoms with van der Waals surface area (Å²) < 4.78 is 3.86. The average Bonchev–Trinajstić information content (AvgIpc) is 2.58. The van der Waals surface area contributed by atoms with Crippen LogP contribution >= 0.6 is 0 Å². The standard InChI is InChI=1S/C9H10N4O2.Ag/c1-4-13-7-6(11(2)5-10-7)8(14)12(3)9(13)15;/h1,5H,4H2,2-3H3;. The first-order valence-electron chi connectivity index (χ1n) is 4.39. The molecule has 0 aliphatic carbocycles. The number of hydrogen-bond acceptors (Lipinski definition) is 3. The maximum atomic E-state index is 11.7. The van der Waals surface area contributed by atoms with Gasteiger partial charge in [-0.25, -0.2) is 9.78 Å². The number of hydrogen-bond donors (Lipinski definition) is 0. The van der Waals surface area contributed by atoms with Crippen molar-refractivity contribution in [3.63, 3.8) is 0 Å². The minimum Gasteiger partial charge on any atom is -0.328 e. The molecule has 2 aromatic heterocycles. The summed E-state index contributed by atoms with van der Waals surface area (Å²) in [4.78, 5) is 27.4. The fourth-order valence-corrected chi connectivity index (χ4v) is 1.54. The van der Waals surface area contributed by atoms with Gasteiger partial charge < -0.3 is 4.57 Å². The van der Waals surface area contributed by atoms with Crippen LogP contribution in [0.2, 0.25) is 0 Å². The molecule has 0 bridgehead atoms. The molecular weight excluding hydrogens is 304 g/mol. The first-order valence-corrected chi connectivity index (χ1v) is 4.39. The molecule has 7 heteroatoms. The number of imidazole rings is 1. The molecule has 0 spiro atoms.